The van der Waals surface area contributed by atoms with Crippen LogP contribution in [0.1, 0.15) is 28.2 Å². The van der Waals surface area contributed by atoms with Gasteiger partial charge in [0.05, 0.1) is 17.2 Å². The Morgan fingerprint density at radius 2 is 1.80 bits per heavy atom. The number of halogens is 1. The minimum absolute atomic E-state index is 0.0348. The average molecular weight is 371 g/mol. The lowest BCUT2D eigenvalue weighted by Crippen LogP contribution is -2.23. The molecule has 3 rings (SSSR count). The fourth-order valence-corrected chi connectivity index (χ4v) is 3.42. The zero-order chi connectivity index (χ0) is 17.5. The third-order valence-corrected chi connectivity index (χ3v) is 4.97. The van der Waals surface area contributed by atoms with E-state index in [0.717, 1.165) is 22.7 Å². The van der Waals surface area contributed by atoms with Crippen LogP contribution < -0.4 is 5.32 Å². The van der Waals surface area contributed by atoms with Gasteiger partial charge in [0.15, 0.2) is 0 Å². The number of benzene rings is 2. The van der Waals surface area contributed by atoms with Gasteiger partial charge in [0.2, 0.25) is 5.91 Å². The number of aromatic nitrogens is 1. The fourth-order valence-electron chi connectivity index (χ4n) is 2.47. The molecule has 1 aromatic heterocycles. The summed E-state index contributed by atoms with van der Waals surface area (Å²) < 4.78 is 0. The minimum Gasteiger partial charge on any atom is -0.350 e. The molecule has 1 N–H and O–H groups in total. The van der Waals surface area contributed by atoms with E-state index in [9.17, 15) is 4.79 Å². The van der Waals surface area contributed by atoms with Gasteiger partial charge in [0.1, 0.15) is 0 Å². The molecule has 1 heterocycles. The number of amides is 1. The molecule has 25 heavy (non-hydrogen) atoms. The number of hydrogen-bond acceptors (Lipinski definition) is 3. The Balaban J connectivity index is 1.43. The molecule has 0 bridgehead atoms. The summed E-state index contributed by atoms with van der Waals surface area (Å²) in [6.07, 6.45) is 2.00. The van der Waals surface area contributed by atoms with E-state index in [2.05, 4.69) is 22.4 Å². The number of carbonyl (C=O) groups is 1. The highest BCUT2D eigenvalue weighted by molar-refractivity contribution is 7.09. The van der Waals surface area contributed by atoms with Crippen LogP contribution in [-0.2, 0) is 24.2 Å². The summed E-state index contributed by atoms with van der Waals surface area (Å²) in [5.41, 5.74) is 3.27. The molecule has 0 aliphatic carbocycles. The lowest BCUT2D eigenvalue weighted by molar-refractivity contribution is -0.121. The van der Waals surface area contributed by atoms with Crippen molar-refractivity contribution in [2.45, 2.75) is 25.8 Å². The van der Waals surface area contributed by atoms with Crippen LogP contribution in [0.2, 0.25) is 5.02 Å². The van der Waals surface area contributed by atoms with Crippen LogP contribution in [0.5, 0.6) is 0 Å². The molecule has 3 nitrogen and oxygen atoms in total. The molecular weight excluding hydrogens is 352 g/mol. The van der Waals surface area contributed by atoms with Gasteiger partial charge in [-0.05, 0) is 29.7 Å². The van der Waals surface area contributed by atoms with Gasteiger partial charge in [-0.2, -0.15) is 0 Å². The Bertz CT molecular complexity index is 815. The van der Waals surface area contributed by atoms with E-state index in [4.69, 9.17) is 11.6 Å². The topological polar surface area (TPSA) is 42.0 Å². The maximum Gasteiger partial charge on any atom is 0.220 e. The second-order valence-electron chi connectivity index (χ2n) is 5.80. The molecule has 0 fully saturated rings. The first-order valence-corrected chi connectivity index (χ1v) is 9.43. The van der Waals surface area contributed by atoms with E-state index in [0.29, 0.717) is 24.4 Å². The molecule has 0 saturated carbocycles. The molecule has 0 spiro atoms. The van der Waals surface area contributed by atoms with E-state index < -0.39 is 0 Å². The summed E-state index contributed by atoms with van der Waals surface area (Å²) in [5, 5.41) is 6.73. The third-order valence-electron chi connectivity index (χ3n) is 3.82. The highest BCUT2D eigenvalue weighted by Crippen LogP contribution is 2.15. The van der Waals surface area contributed by atoms with Crippen molar-refractivity contribution in [1.82, 2.24) is 10.3 Å². The summed E-state index contributed by atoms with van der Waals surface area (Å²) in [6, 6.07) is 17.9. The van der Waals surface area contributed by atoms with Gasteiger partial charge in [0, 0.05) is 23.2 Å². The molecular formula is C20H19ClN2OS. The zero-order valence-corrected chi connectivity index (χ0v) is 15.3. The predicted molar refractivity (Wildman–Crippen MR) is 103 cm³/mol. The van der Waals surface area contributed by atoms with E-state index in [-0.39, 0.29) is 5.91 Å². The van der Waals surface area contributed by atoms with Gasteiger partial charge >= 0.3 is 0 Å². The monoisotopic (exact) mass is 370 g/mol. The van der Waals surface area contributed by atoms with Crippen LogP contribution in [-0.4, -0.2) is 10.9 Å². The van der Waals surface area contributed by atoms with Crippen molar-refractivity contribution in [2.24, 2.45) is 0 Å². The zero-order valence-electron chi connectivity index (χ0n) is 13.7. The van der Waals surface area contributed by atoms with Crippen LogP contribution in [0, 0.1) is 0 Å². The van der Waals surface area contributed by atoms with E-state index in [1.54, 1.807) is 11.3 Å². The Morgan fingerprint density at radius 1 is 1.04 bits per heavy atom. The van der Waals surface area contributed by atoms with Gasteiger partial charge < -0.3 is 5.32 Å². The van der Waals surface area contributed by atoms with Crippen LogP contribution in [0.3, 0.4) is 0 Å². The van der Waals surface area contributed by atoms with Crippen molar-refractivity contribution in [3.8, 4) is 0 Å². The average Bonchev–Trinajstić information content (AvgIpc) is 3.08. The number of nitrogens with one attached hydrogen (secondary N) is 1. The number of thiazole rings is 1. The summed E-state index contributed by atoms with van der Waals surface area (Å²) in [6.45, 7) is 0.477. The summed E-state index contributed by atoms with van der Waals surface area (Å²) in [5.74, 6) is 0.0348. The quantitative estimate of drug-likeness (QED) is 0.658. The van der Waals surface area contributed by atoms with Crippen molar-refractivity contribution < 1.29 is 4.79 Å². The lowest BCUT2D eigenvalue weighted by Gasteiger charge is -2.04. The molecule has 0 radical (unpaired) electrons. The van der Waals surface area contributed by atoms with Crippen LogP contribution in [0.15, 0.2) is 60.0 Å². The first kappa shape index (κ1) is 17.6. The SMILES string of the molecule is O=C(CCc1ccc(Cl)cc1)NCc1csc(Cc2ccccc2)n1. The lowest BCUT2D eigenvalue weighted by atomic mass is 10.1. The highest BCUT2D eigenvalue weighted by atomic mass is 35.5. The van der Waals surface area contributed by atoms with Crippen molar-refractivity contribution >= 4 is 28.8 Å². The fraction of sp³-hybridized carbons (Fsp3) is 0.200. The van der Waals surface area contributed by atoms with Gasteiger partial charge in [-0.25, -0.2) is 4.98 Å². The Kier molecular flexibility index (Phi) is 6.20. The van der Waals surface area contributed by atoms with Crippen LogP contribution >= 0.6 is 22.9 Å². The van der Waals surface area contributed by atoms with E-state index in [1.807, 2.05) is 47.8 Å². The Hall–Kier alpha value is -2.17. The van der Waals surface area contributed by atoms with Gasteiger partial charge in [0.25, 0.3) is 0 Å². The van der Waals surface area contributed by atoms with Gasteiger partial charge in [-0.3, -0.25) is 4.79 Å². The van der Waals surface area contributed by atoms with Crippen LogP contribution in [0.25, 0.3) is 0 Å². The van der Waals surface area contributed by atoms with Crippen molar-refractivity contribution in [2.75, 3.05) is 0 Å². The third kappa shape index (κ3) is 5.69. The van der Waals surface area contributed by atoms with E-state index in [1.165, 1.54) is 5.56 Å². The molecule has 128 valence electrons. The van der Waals surface area contributed by atoms with Crippen molar-refractivity contribution in [3.63, 3.8) is 0 Å². The molecule has 5 heteroatoms. The molecule has 3 aromatic rings. The molecule has 0 aliphatic heterocycles. The largest absolute Gasteiger partial charge is 0.350 e. The summed E-state index contributed by atoms with van der Waals surface area (Å²) in [7, 11) is 0. The summed E-state index contributed by atoms with van der Waals surface area (Å²) >= 11 is 7.49. The first-order chi connectivity index (χ1) is 12.2. The standard InChI is InChI=1S/C20H19ClN2OS/c21-17-9-6-15(7-10-17)8-11-19(24)22-13-18-14-25-20(23-18)12-16-4-2-1-3-5-16/h1-7,9-10,14H,8,11-13H2,(H,22,24). The second-order valence-corrected chi connectivity index (χ2v) is 7.18. The normalized spacial score (nSPS) is 10.6. The Labute approximate surface area is 156 Å². The second kappa shape index (κ2) is 8.79. The number of carbonyl (C=O) groups excluding carboxylic acids is 1. The summed E-state index contributed by atoms with van der Waals surface area (Å²) in [4.78, 5) is 16.6. The number of hydrogen-bond donors (Lipinski definition) is 1. The molecule has 0 saturated heterocycles. The molecule has 0 unspecified atom stereocenters. The van der Waals surface area contributed by atoms with Gasteiger partial charge in [-0.1, -0.05) is 54.1 Å². The maximum absolute atomic E-state index is 12.0. The van der Waals surface area contributed by atoms with Crippen molar-refractivity contribution in [1.29, 1.82) is 0 Å². The first-order valence-electron chi connectivity index (χ1n) is 8.17. The molecule has 2 aromatic carbocycles. The molecule has 0 atom stereocenters. The molecule has 1 amide bonds. The van der Waals surface area contributed by atoms with E-state index >= 15 is 0 Å². The van der Waals surface area contributed by atoms with Crippen molar-refractivity contribution in [3.05, 3.63) is 86.8 Å². The predicted octanol–water partition coefficient (Wildman–Crippen LogP) is 4.64. The number of rotatable bonds is 7. The number of aryl methyl sites for hydroxylation is 1. The maximum atomic E-state index is 12.0. The Morgan fingerprint density at radius 3 is 2.56 bits per heavy atom. The minimum atomic E-state index is 0.0348. The van der Waals surface area contributed by atoms with Gasteiger partial charge in [-0.15, -0.1) is 11.3 Å². The molecule has 0 aliphatic rings. The number of nitrogens with zero attached hydrogens (tertiary/aromatic N) is 1. The highest BCUT2D eigenvalue weighted by Gasteiger charge is 2.06. The van der Waals surface area contributed by atoms with Crippen LogP contribution in [0.4, 0.5) is 0 Å². The smallest absolute Gasteiger partial charge is 0.220 e.